The predicted octanol–water partition coefficient (Wildman–Crippen LogP) is 12.6. The standard InChI is InChI=1S/C44H26O/c1-2-9-28(10-3-1)33-22-18-29-21-25-38-35(23-19-30-20-24-37(33)41(29)42(30)38)36-13-7-15-40-43(36)39-14-6-12-34(44(39)45-40)32-17-16-27-8-4-5-11-31(27)26-32/h1-26H. The highest BCUT2D eigenvalue weighted by Gasteiger charge is 2.19. The Labute approximate surface area is 259 Å². The Kier molecular flexibility index (Phi) is 5.06. The molecule has 0 N–H and O–H groups in total. The van der Waals surface area contributed by atoms with E-state index < -0.39 is 0 Å². The number of para-hydroxylation sites is 1. The molecular formula is C44H26O. The van der Waals surface area contributed by atoms with Gasteiger partial charge in [-0.2, -0.15) is 0 Å². The molecule has 0 aliphatic rings. The molecular weight excluding hydrogens is 544 g/mol. The smallest absolute Gasteiger partial charge is 0.143 e. The van der Waals surface area contributed by atoms with Crippen LogP contribution in [0.1, 0.15) is 0 Å². The summed E-state index contributed by atoms with van der Waals surface area (Å²) in [4.78, 5) is 0. The zero-order valence-corrected chi connectivity index (χ0v) is 24.4. The maximum Gasteiger partial charge on any atom is 0.143 e. The third kappa shape index (κ3) is 3.56. The molecule has 208 valence electrons. The third-order valence-corrected chi connectivity index (χ3v) is 9.62. The Balaban J connectivity index is 1.24. The number of hydrogen-bond acceptors (Lipinski definition) is 1. The van der Waals surface area contributed by atoms with Crippen molar-refractivity contribution in [1.29, 1.82) is 0 Å². The molecule has 0 atom stereocenters. The summed E-state index contributed by atoms with van der Waals surface area (Å²) < 4.78 is 6.70. The van der Waals surface area contributed by atoms with Gasteiger partial charge in [0.15, 0.2) is 0 Å². The fourth-order valence-electron chi connectivity index (χ4n) is 7.56. The van der Waals surface area contributed by atoms with E-state index in [0.29, 0.717) is 0 Å². The fourth-order valence-corrected chi connectivity index (χ4v) is 7.56. The maximum absolute atomic E-state index is 6.70. The first-order valence-electron chi connectivity index (χ1n) is 15.5. The van der Waals surface area contributed by atoms with Crippen molar-refractivity contribution in [3.63, 3.8) is 0 Å². The number of benzene rings is 9. The van der Waals surface area contributed by atoms with Crippen molar-refractivity contribution >= 4 is 65.0 Å². The van der Waals surface area contributed by atoms with E-state index in [1.54, 1.807) is 0 Å². The van der Waals surface area contributed by atoms with Crippen molar-refractivity contribution in [3.8, 4) is 33.4 Å². The lowest BCUT2D eigenvalue weighted by Crippen LogP contribution is -1.89. The zero-order valence-electron chi connectivity index (χ0n) is 24.4. The van der Waals surface area contributed by atoms with Gasteiger partial charge >= 0.3 is 0 Å². The van der Waals surface area contributed by atoms with Gasteiger partial charge in [-0.25, -0.2) is 0 Å². The van der Waals surface area contributed by atoms with Crippen LogP contribution in [0.15, 0.2) is 162 Å². The van der Waals surface area contributed by atoms with E-state index in [4.69, 9.17) is 4.42 Å². The average Bonchev–Trinajstić information content (AvgIpc) is 3.50. The molecule has 0 fully saturated rings. The highest BCUT2D eigenvalue weighted by atomic mass is 16.3. The summed E-state index contributed by atoms with van der Waals surface area (Å²) in [6.07, 6.45) is 0. The lowest BCUT2D eigenvalue weighted by Gasteiger charge is -2.17. The van der Waals surface area contributed by atoms with Gasteiger partial charge in [0.05, 0.1) is 0 Å². The van der Waals surface area contributed by atoms with E-state index in [9.17, 15) is 0 Å². The summed E-state index contributed by atoms with van der Waals surface area (Å²) in [5, 5.41) is 12.5. The average molecular weight is 571 g/mol. The summed E-state index contributed by atoms with van der Waals surface area (Å²) in [6.45, 7) is 0. The molecule has 0 radical (unpaired) electrons. The van der Waals surface area contributed by atoms with Crippen molar-refractivity contribution in [2.75, 3.05) is 0 Å². The van der Waals surface area contributed by atoms with Crippen molar-refractivity contribution in [2.24, 2.45) is 0 Å². The Morgan fingerprint density at radius 3 is 1.78 bits per heavy atom. The van der Waals surface area contributed by atoms with E-state index in [1.807, 2.05) is 0 Å². The van der Waals surface area contributed by atoms with Crippen LogP contribution in [0.4, 0.5) is 0 Å². The SMILES string of the molecule is c1ccc(-c2ccc3ccc4c(-c5cccc6oc7c(-c8ccc9ccccc9c8)cccc7c56)ccc5ccc2c3c54)cc1. The van der Waals surface area contributed by atoms with E-state index in [-0.39, 0.29) is 0 Å². The Hall–Kier alpha value is -5.92. The van der Waals surface area contributed by atoms with Gasteiger partial charge in [0.1, 0.15) is 11.2 Å². The Morgan fingerprint density at radius 1 is 0.311 bits per heavy atom. The second-order valence-corrected chi connectivity index (χ2v) is 12.0. The van der Waals surface area contributed by atoms with Gasteiger partial charge in [0.2, 0.25) is 0 Å². The first kappa shape index (κ1) is 24.5. The van der Waals surface area contributed by atoms with Crippen molar-refractivity contribution < 1.29 is 4.42 Å². The molecule has 1 nitrogen and oxygen atoms in total. The minimum Gasteiger partial charge on any atom is -0.455 e. The molecule has 0 aliphatic carbocycles. The molecule has 0 spiro atoms. The van der Waals surface area contributed by atoms with Crippen LogP contribution in [-0.4, -0.2) is 0 Å². The molecule has 1 aromatic heterocycles. The summed E-state index contributed by atoms with van der Waals surface area (Å²) in [5.74, 6) is 0. The van der Waals surface area contributed by atoms with Crippen molar-refractivity contribution in [1.82, 2.24) is 0 Å². The van der Waals surface area contributed by atoms with Crippen LogP contribution >= 0.6 is 0 Å². The molecule has 0 aliphatic heterocycles. The molecule has 10 aromatic rings. The van der Waals surface area contributed by atoms with Crippen LogP contribution in [-0.2, 0) is 0 Å². The van der Waals surface area contributed by atoms with Crippen LogP contribution < -0.4 is 0 Å². The van der Waals surface area contributed by atoms with Gasteiger partial charge in [-0.1, -0.05) is 146 Å². The summed E-state index contributed by atoms with van der Waals surface area (Å²) in [7, 11) is 0. The van der Waals surface area contributed by atoms with Crippen LogP contribution in [0, 0.1) is 0 Å². The van der Waals surface area contributed by atoms with E-state index in [0.717, 1.165) is 33.1 Å². The van der Waals surface area contributed by atoms with E-state index >= 15 is 0 Å². The second kappa shape index (κ2) is 9.29. The van der Waals surface area contributed by atoms with Gasteiger partial charge in [0.25, 0.3) is 0 Å². The molecule has 10 rings (SSSR count). The Morgan fingerprint density at radius 2 is 0.956 bits per heavy atom. The zero-order chi connectivity index (χ0) is 29.5. The molecule has 0 saturated heterocycles. The first-order chi connectivity index (χ1) is 22.3. The molecule has 1 heterocycles. The molecule has 0 amide bonds. The number of fused-ring (bicyclic) bond motifs is 4. The van der Waals surface area contributed by atoms with Crippen molar-refractivity contribution in [3.05, 3.63) is 158 Å². The molecule has 0 unspecified atom stereocenters. The van der Waals surface area contributed by atoms with Crippen LogP contribution in [0.2, 0.25) is 0 Å². The summed E-state index contributed by atoms with van der Waals surface area (Å²) in [6, 6.07) is 57.2. The van der Waals surface area contributed by atoms with Gasteiger partial charge < -0.3 is 4.42 Å². The summed E-state index contributed by atoms with van der Waals surface area (Å²) in [5.41, 5.74) is 9.06. The highest BCUT2D eigenvalue weighted by molar-refractivity contribution is 6.29. The van der Waals surface area contributed by atoms with Crippen LogP contribution in [0.3, 0.4) is 0 Å². The number of hydrogen-bond donors (Lipinski definition) is 0. The van der Waals surface area contributed by atoms with Gasteiger partial charge in [-0.15, -0.1) is 0 Å². The molecule has 9 aromatic carbocycles. The highest BCUT2D eigenvalue weighted by Crippen LogP contribution is 2.46. The maximum atomic E-state index is 6.70. The van der Waals surface area contributed by atoms with Gasteiger partial charge in [-0.05, 0) is 83.0 Å². The van der Waals surface area contributed by atoms with E-state index in [1.165, 1.54) is 65.3 Å². The largest absolute Gasteiger partial charge is 0.455 e. The molecule has 0 bridgehead atoms. The molecule has 1 heteroatoms. The van der Waals surface area contributed by atoms with Crippen molar-refractivity contribution in [2.45, 2.75) is 0 Å². The monoisotopic (exact) mass is 570 g/mol. The molecule has 0 saturated carbocycles. The van der Waals surface area contributed by atoms with E-state index in [2.05, 4.69) is 158 Å². The van der Waals surface area contributed by atoms with Crippen LogP contribution in [0.5, 0.6) is 0 Å². The fraction of sp³-hybridized carbons (Fsp3) is 0. The summed E-state index contributed by atoms with van der Waals surface area (Å²) >= 11 is 0. The number of furan rings is 1. The quantitative estimate of drug-likeness (QED) is 0.193. The van der Waals surface area contributed by atoms with Gasteiger partial charge in [0, 0.05) is 16.3 Å². The molecule has 45 heavy (non-hydrogen) atoms. The Bertz CT molecular complexity index is 2750. The lowest BCUT2D eigenvalue weighted by atomic mass is 9.86. The third-order valence-electron chi connectivity index (χ3n) is 9.62. The minimum absolute atomic E-state index is 0.910. The second-order valence-electron chi connectivity index (χ2n) is 12.0. The lowest BCUT2D eigenvalue weighted by molar-refractivity contribution is 0.670. The number of rotatable bonds is 3. The first-order valence-corrected chi connectivity index (χ1v) is 15.5. The topological polar surface area (TPSA) is 13.1 Å². The minimum atomic E-state index is 0.910. The predicted molar refractivity (Wildman–Crippen MR) is 191 cm³/mol. The van der Waals surface area contributed by atoms with Gasteiger partial charge in [-0.3, -0.25) is 0 Å². The van der Waals surface area contributed by atoms with Crippen LogP contribution in [0.25, 0.3) is 98.4 Å². The normalized spacial score (nSPS) is 12.0.